The summed E-state index contributed by atoms with van der Waals surface area (Å²) in [6.45, 7) is 0. The van der Waals surface area contributed by atoms with Gasteiger partial charge in [0.05, 0.1) is 11.7 Å². The average molecular weight is 276 g/mol. The minimum absolute atomic E-state index is 0.0428. The zero-order valence-electron chi connectivity index (χ0n) is 10.3. The Morgan fingerprint density at radius 1 is 1.37 bits per heavy atom. The van der Waals surface area contributed by atoms with Crippen LogP contribution >= 0.6 is 11.6 Å². The normalized spacial score (nSPS) is 17.8. The highest BCUT2D eigenvalue weighted by atomic mass is 35.5. The number of nitrogens with one attached hydrogen (secondary N) is 2. The van der Waals surface area contributed by atoms with Crippen molar-refractivity contribution in [2.24, 2.45) is 0 Å². The summed E-state index contributed by atoms with van der Waals surface area (Å²) in [5, 5.41) is 3.88. The van der Waals surface area contributed by atoms with E-state index in [1.54, 1.807) is 12.3 Å². The van der Waals surface area contributed by atoms with Gasteiger partial charge in [-0.15, -0.1) is 0 Å². The Kier molecular flexibility index (Phi) is 3.25. The topological polar surface area (TPSA) is 57.8 Å². The monoisotopic (exact) mass is 275 g/mol. The molecule has 98 valence electrons. The van der Waals surface area contributed by atoms with Crippen LogP contribution in [-0.4, -0.2) is 9.97 Å². The van der Waals surface area contributed by atoms with Crippen molar-refractivity contribution in [2.45, 2.75) is 25.3 Å². The lowest BCUT2D eigenvalue weighted by Crippen LogP contribution is -2.21. The molecule has 5 heteroatoms. The summed E-state index contributed by atoms with van der Waals surface area (Å²) in [7, 11) is 0. The van der Waals surface area contributed by atoms with Gasteiger partial charge in [0.25, 0.3) is 0 Å². The Morgan fingerprint density at radius 2 is 2.26 bits per heavy atom. The third kappa shape index (κ3) is 2.49. The minimum Gasteiger partial charge on any atom is -0.376 e. The van der Waals surface area contributed by atoms with Gasteiger partial charge in [0.1, 0.15) is 0 Å². The van der Waals surface area contributed by atoms with E-state index in [9.17, 15) is 4.79 Å². The lowest BCUT2D eigenvalue weighted by molar-refractivity contribution is 0.586. The Balaban J connectivity index is 1.92. The first-order chi connectivity index (χ1) is 9.24. The number of halogens is 1. The molecule has 2 N–H and O–H groups in total. The molecule has 0 amide bonds. The number of nitrogens with zero attached hydrogens (tertiary/aromatic N) is 1. The fourth-order valence-electron chi connectivity index (χ4n) is 2.53. The number of aromatic amines is 1. The highest BCUT2D eigenvalue weighted by Gasteiger charge is 2.21. The van der Waals surface area contributed by atoms with E-state index in [0.29, 0.717) is 5.15 Å². The van der Waals surface area contributed by atoms with Gasteiger partial charge in [-0.1, -0.05) is 11.6 Å². The van der Waals surface area contributed by atoms with E-state index in [2.05, 4.69) is 15.3 Å². The highest BCUT2D eigenvalue weighted by Crippen LogP contribution is 2.32. The molecule has 0 aromatic carbocycles. The van der Waals surface area contributed by atoms with E-state index >= 15 is 0 Å². The van der Waals surface area contributed by atoms with Crippen LogP contribution in [0.3, 0.4) is 0 Å². The van der Waals surface area contributed by atoms with Gasteiger partial charge in [0.15, 0.2) is 5.15 Å². The predicted molar refractivity (Wildman–Crippen MR) is 75.6 cm³/mol. The molecule has 0 aliphatic heterocycles. The summed E-state index contributed by atoms with van der Waals surface area (Å²) in [6, 6.07) is 7.40. The van der Waals surface area contributed by atoms with Crippen molar-refractivity contribution in [3.05, 3.63) is 57.2 Å². The molecule has 1 atom stereocenters. The molecule has 3 rings (SSSR count). The third-order valence-corrected chi connectivity index (χ3v) is 3.72. The second kappa shape index (κ2) is 5.05. The minimum atomic E-state index is -0.0428. The van der Waals surface area contributed by atoms with Gasteiger partial charge in [-0.3, -0.25) is 4.79 Å². The van der Waals surface area contributed by atoms with Gasteiger partial charge in [0, 0.05) is 18.0 Å². The Morgan fingerprint density at radius 3 is 3.11 bits per heavy atom. The Labute approximate surface area is 115 Å². The second-order valence-corrected chi connectivity index (χ2v) is 5.05. The third-order valence-electron chi connectivity index (χ3n) is 3.42. The zero-order chi connectivity index (χ0) is 13.2. The van der Waals surface area contributed by atoms with Crippen molar-refractivity contribution in [3.8, 4) is 0 Å². The van der Waals surface area contributed by atoms with Crippen molar-refractivity contribution in [2.75, 3.05) is 5.32 Å². The van der Waals surface area contributed by atoms with E-state index in [1.807, 2.05) is 18.2 Å². The summed E-state index contributed by atoms with van der Waals surface area (Å²) in [5.74, 6) is 0. The Bertz CT molecular complexity index is 653. The quantitative estimate of drug-likeness (QED) is 0.829. The van der Waals surface area contributed by atoms with Gasteiger partial charge < -0.3 is 10.3 Å². The Hall–Kier alpha value is -1.81. The van der Waals surface area contributed by atoms with Crippen LogP contribution in [0.5, 0.6) is 0 Å². The molecule has 19 heavy (non-hydrogen) atoms. The number of hydrogen-bond acceptors (Lipinski definition) is 3. The van der Waals surface area contributed by atoms with Crippen LogP contribution in [-0.2, 0) is 6.42 Å². The standard InChI is InChI=1S/C14H14ClN3O/c15-14-12(5-2-8-16-14)17-10-3-1-4-11-9(10)6-7-13(19)18-11/h2,5-8,10,17H,1,3-4H2,(H,18,19). The molecule has 1 aliphatic carbocycles. The van der Waals surface area contributed by atoms with Crippen LogP contribution in [0.25, 0.3) is 0 Å². The van der Waals surface area contributed by atoms with Crippen molar-refractivity contribution in [1.29, 1.82) is 0 Å². The van der Waals surface area contributed by atoms with Gasteiger partial charge in [-0.2, -0.15) is 0 Å². The van der Waals surface area contributed by atoms with E-state index in [4.69, 9.17) is 11.6 Å². The van der Waals surface area contributed by atoms with E-state index < -0.39 is 0 Å². The molecular formula is C14H14ClN3O. The molecule has 0 saturated heterocycles. The molecule has 1 unspecified atom stereocenters. The van der Waals surface area contributed by atoms with Crippen LogP contribution in [0, 0.1) is 0 Å². The van der Waals surface area contributed by atoms with Crippen molar-refractivity contribution in [3.63, 3.8) is 0 Å². The summed E-state index contributed by atoms with van der Waals surface area (Å²) >= 11 is 6.06. The molecule has 2 aromatic heterocycles. The number of fused-ring (bicyclic) bond motifs is 1. The lowest BCUT2D eigenvalue weighted by Gasteiger charge is -2.26. The van der Waals surface area contributed by atoms with E-state index in [1.165, 1.54) is 0 Å². The maximum absolute atomic E-state index is 11.4. The molecule has 0 saturated carbocycles. The number of pyridine rings is 2. The van der Waals surface area contributed by atoms with Gasteiger partial charge >= 0.3 is 0 Å². The first-order valence-electron chi connectivity index (χ1n) is 6.33. The van der Waals surface area contributed by atoms with E-state index in [-0.39, 0.29) is 11.6 Å². The van der Waals surface area contributed by atoms with Crippen molar-refractivity contribution >= 4 is 17.3 Å². The van der Waals surface area contributed by atoms with Crippen LogP contribution in [0.4, 0.5) is 5.69 Å². The number of hydrogen-bond donors (Lipinski definition) is 2. The van der Waals surface area contributed by atoms with Gasteiger partial charge in [-0.05, 0) is 43.0 Å². The second-order valence-electron chi connectivity index (χ2n) is 4.69. The largest absolute Gasteiger partial charge is 0.376 e. The maximum Gasteiger partial charge on any atom is 0.248 e. The summed E-state index contributed by atoms with van der Waals surface area (Å²) in [6.07, 6.45) is 4.65. The molecule has 2 aromatic rings. The fourth-order valence-corrected chi connectivity index (χ4v) is 2.71. The number of H-pyrrole nitrogens is 1. The average Bonchev–Trinajstić information content (AvgIpc) is 2.41. The number of aromatic nitrogens is 2. The summed E-state index contributed by atoms with van der Waals surface area (Å²) < 4.78 is 0. The maximum atomic E-state index is 11.4. The lowest BCUT2D eigenvalue weighted by atomic mass is 9.91. The highest BCUT2D eigenvalue weighted by molar-refractivity contribution is 6.31. The zero-order valence-corrected chi connectivity index (χ0v) is 11.1. The SMILES string of the molecule is O=c1ccc2c([nH]1)CCCC2Nc1cccnc1Cl. The smallest absolute Gasteiger partial charge is 0.248 e. The molecule has 0 fully saturated rings. The number of aryl methyl sites for hydroxylation is 1. The first kappa shape index (κ1) is 12.2. The molecule has 0 spiro atoms. The molecule has 4 nitrogen and oxygen atoms in total. The van der Waals surface area contributed by atoms with Crippen LogP contribution < -0.4 is 10.9 Å². The molecule has 0 radical (unpaired) electrons. The number of anilines is 1. The predicted octanol–water partition coefficient (Wildman–Crippen LogP) is 2.91. The van der Waals surface area contributed by atoms with Gasteiger partial charge in [0.2, 0.25) is 5.56 Å². The molecule has 1 aliphatic rings. The number of rotatable bonds is 2. The molecular weight excluding hydrogens is 262 g/mol. The molecule has 2 heterocycles. The summed E-state index contributed by atoms with van der Waals surface area (Å²) in [5.41, 5.74) is 2.95. The molecule has 0 bridgehead atoms. The van der Waals surface area contributed by atoms with Crippen LogP contribution in [0.2, 0.25) is 5.15 Å². The van der Waals surface area contributed by atoms with E-state index in [0.717, 1.165) is 36.2 Å². The fraction of sp³-hybridized carbons (Fsp3) is 0.286. The van der Waals surface area contributed by atoms with Crippen molar-refractivity contribution < 1.29 is 0 Å². The summed E-state index contributed by atoms with van der Waals surface area (Å²) in [4.78, 5) is 18.3. The van der Waals surface area contributed by atoms with Crippen LogP contribution in [0.1, 0.15) is 30.1 Å². The van der Waals surface area contributed by atoms with Gasteiger partial charge in [-0.25, -0.2) is 4.98 Å². The van der Waals surface area contributed by atoms with Crippen LogP contribution in [0.15, 0.2) is 35.3 Å². The first-order valence-corrected chi connectivity index (χ1v) is 6.71. The van der Waals surface area contributed by atoms with Crippen molar-refractivity contribution in [1.82, 2.24) is 9.97 Å².